The third-order valence-corrected chi connectivity index (χ3v) is 1.73. The van der Waals surface area contributed by atoms with Crippen LogP contribution in [0.2, 0.25) is 0 Å². The van der Waals surface area contributed by atoms with Crippen molar-refractivity contribution in [1.29, 1.82) is 0 Å². The fourth-order valence-corrected chi connectivity index (χ4v) is 0.774. The first-order valence-corrected chi connectivity index (χ1v) is 4.65. The van der Waals surface area contributed by atoms with Crippen LogP contribution in [0.1, 0.15) is 10.6 Å². The van der Waals surface area contributed by atoms with Gasteiger partial charge in [0.15, 0.2) is 18.3 Å². The zero-order chi connectivity index (χ0) is 13.3. The lowest BCUT2D eigenvalue weighted by Crippen LogP contribution is -2.40. The Morgan fingerprint density at radius 1 is 1.29 bits per heavy atom. The molecular weight excluding hydrogens is 232 g/mol. The molecule has 0 bridgehead atoms. The van der Waals surface area contributed by atoms with Crippen LogP contribution in [-0.2, 0) is 4.79 Å². The Labute approximate surface area is 96.9 Å². The largest absolute Gasteiger partial charge is 0.462 e. The molecule has 0 saturated heterocycles. The molecule has 7 nitrogen and oxygen atoms in total. The Bertz CT molecular complexity index is 308. The number of rotatable bonds is 5. The number of carbonyl (C=O) groups excluding carboxylic acids is 2. The van der Waals surface area contributed by atoms with Gasteiger partial charge in [0.05, 0.1) is 12.9 Å². The molecule has 0 fully saturated rings. The summed E-state index contributed by atoms with van der Waals surface area (Å²) in [4.78, 5) is 19.5. The number of hydrogen-bond acceptors (Lipinski definition) is 7. The monoisotopic (exact) mass is 246 g/mol. The molecule has 0 aliphatic carbocycles. The summed E-state index contributed by atoms with van der Waals surface area (Å²) in [7, 11) is 0. The van der Waals surface area contributed by atoms with Crippen LogP contribution in [0.25, 0.3) is 0 Å². The van der Waals surface area contributed by atoms with E-state index in [9.17, 15) is 9.59 Å². The first kappa shape index (κ1) is 15.5. The summed E-state index contributed by atoms with van der Waals surface area (Å²) < 4.78 is 4.61. The standard InChI is InChI=1S/C5H10O5.C5H4O2/c6-1-3(8)5(10)4(9)2-7;6-4-5-2-1-3-7-5/h1,3-5,7-10H,2H2;1-4H. The van der Waals surface area contributed by atoms with E-state index in [1.54, 1.807) is 12.1 Å². The highest BCUT2D eigenvalue weighted by molar-refractivity contribution is 5.69. The fourth-order valence-electron chi connectivity index (χ4n) is 0.774. The second-order valence-corrected chi connectivity index (χ2v) is 3.00. The number of furan rings is 1. The van der Waals surface area contributed by atoms with E-state index in [1.165, 1.54) is 6.26 Å². The molecule has 4 N–H and O–H groups in total. The second kappa shape index (κ2) is 8.59. The molecule has 0 aliphatic rings. The van der Waals surface area contributed by atoms with Crippen LogP contribution in [0.4, 0.5) is 0 Å². The van der Waals surface area contributed by atoms with Gasteiger partial charge in [-0.05, 0) is 12.1 Å². The highest BCUT2D eigenvalue weighted by atomic mass is 16.4. The van der Waals surface area contributed by atoms with E-state index in [2.05, 4.69) is 4.42 Å². The van der Waals surface area contributed by atoms with Gasteiger partial charge < -0.3 is 29.6 Å². The lowest BCUT2D eigenvalue weighted by molar-refractivity contribution is -0.127. The summed E-state index contributed by atoms with van der Waals surface area (Å²) in [5, 5.41) is 34.1. The van der Waals surface area contributed by atoms with Gasteiger partial charge >= 0.3 is 0 Å². The van der Waals surface area contributed by atoms with Gasteiger partial charge in [-0.2, -0.15) is 0 Å². The molecule has 1 aromatic rings. The highest BCUT2D eigenvalue weighted by Crippen LogP contribution is 1.96. The van der Waals surface area contributed by atoms with E-state index < -0.39 is 24.9 Å². The maximum atomic E-state index is 9.77. The Kier molecular flexibility index (Phi) is 7.82. The first-order chi connectivity index (χ1) is 8.06. The molecule has 3 unspecified atom stereocenters. The fraction of sp³-hybridized carbons (Fsp3) is 0.400. The quantitative estimate of drug-likeness (QED) is 0.458. The van der Waals surface area contributed by atoms with Crippen molar-refractivity contribution in [1.82, 2.24) is 0 Å². The molecule has 7 heteroatoms. The van der Waals surface area contributed by atoms with Crippen LogP contribution < -0.4 is 0 Å². The molecule has 1 aromatic heterocycles. The van der Waals surface area contributed by atoms with Gasteiger partial charge in [-0.1, -0.05) is 0 Å². The molecule has 17 heavy (non-hydrogen) atoms. The van der Waals surface area contributed by atoms with Crippen LogP contribution in [0.5, 0.6) is 0 Å². The SMILES string of the molecule is O=CC(O)C(O)C(O)CO.O=Cc1ccco1. The van der Waals surface area contributed by atoms with Crippen molar-refractivity contribution in [3.8, 4) is 0 Å². The summed E-state index contributed by atoms with van der Waals surface area (Å²) in [6, 6.07) is 3.27. The average molecular weight is 246 g/mol. The molecule has 0 spiro atoms. The number of carbonyl (C=O) groups is 2. The van der Waals surface area contributed by atoms with Gasteiger partial charge in [0, 0.05) is 0 Å². The number of aliphatic hydroxyl groups is 4. The topological polar surface area (TPSA) is 128 Å². The Morgan fingerprint density at radius 2 is 1.94 bits per heavy atom. The minimum absolute atomic E-state index is 0.0869. The Hall–Kier alpha value is -1.54. The summed E-state index contributed by atoms with van der Waals surface area (Å²) in [6.45, 7) is -0.688. The van der Waals surface area contributed by atoms with Gasteiger partial charge in [-0.3, -0.25) is 4.79 Å². The van der Waals surface area contributed by atoms with Crippen LogP contribution in [-0.4, -0.2) is 57.9 Å². The molecule has 0 saturated carbocycles. The molecule has 0 amide bonds. The van der Waals surface area contributed by atoms with Crippen LogP contribution >= 0.6 is 0 Å². The van der Waals surface area contributed by atoms with Crippen molar-refractivity contribution in [2.75, 3.05) is 6.61 Å². The zero-order valence-corrected chi connectivity index (χ0v) is 8.84. The van der Waals surface area contributed by atoms with Crippen molar-refractivity contribution in [3.63, 3.8) is 0 Å². The maximum absolute atomic E-state index is 9.77. The molecular formula is C10H14O7. The summed E-state index contributed by atoms with van der Waals surface area (Å²) >= 11 is 0. The van der Waals surface area contributed by atoms with Crippen LogP contribution in [0.15, 0.2) is 22.8 Å². The van der Waals surface area contributed by atoms with Gasteiger partial charge in [0.1, 0.15) is 18.3 Å². The molecule has 1 rings (SSSR count). The Balaban J connectivity index is 0.000000318. The number of hydrogen-bond donors (Lipinski definition) is 4. The maximum Gasteiger partial charge on any atom is 0.185 e. The number of aldehydes is 2. The summed E-state index contributed by atoms with van der Waals surface area (Å²) in [5.74, 6) is 0.375. The average Bonchev–Trinajstić information content (AvgIpc) is 2.89. The third-order valence-electron chi connectivity index (χ3n) is 1.73. The molecule has 96 valence electrons. The van der Waals surface area contributed by atoms with Gasteiger partial charge in [-0.15, -0.1) is 0 Å². The van der Waals surface area contributed by atoms with E-state index in [1.807, 2.05) is 0 Å². The first-order valence-electron chi connectivity index (χ1n) is 4.65. The van der Waals surface area contributed by atoms with Crippen molar-refractivity contribution in [2.24, 2.45) is 0 Å². The van der Waals surface area contributed by atoms with Crippen LogP contribution in [0, 0.1) is 0 Å². The summed E-state index contributed by atoms with van der Waals surface area (Å²) in [5.41, 5.74) is 0. The predicted octanol–water partition coefficient (Wildman–Crippen LogP) is -1.65. The molecule has 3 atom stereocenters. The molecule has 1 heterocycles. The predicted molar refractivity (Wildman–Crippen MR) is 55.3 cm³/mol. The van der Waals surface area contributed by atoms with Crippen molar-refractivity contribution >= 4 is 12.6 Å². The number of aliphatic hydroxyl groups excluding tert-OH is 4. The van der Waals surface area contributed by atoms with Crippen molar-refractivity contribution < 1.29 is 34.4 Å². The third kappa shape index (κ3) is 5.93. The van der Waals surface area contributed by atoms with E-state index in [4.69, 9.17) is 20.4 Å². The molecule has 0 aliphatic heterocycles. The zero-order valence-electron chi connectivity index (χ0n) is 8.84. The van der Waals surface area contributed by atoms with Gasteiger partial charge in [0.25, 0.3) is 0 Å². The van der Waals surface area contributed by atoms with Crippen LogP contribution in [0.3, 0.4) is 0 Å². The van der Waals surface area contributed by atoms with E-state index in [-0.39, 0.29) is 6.29 Å². The molecule has 0 radical (unpaired) electrons. The normalized spacial score (nSPS) is 15.1. The van der Waals surface area contributed by atoms with Gasteiger partial charge in [0.2, 0.25) is 0 Å². The minimum atomic E-state index is -1.64. The van der Waals surface area contributed by atoms with Gasteiger partial charge in [-0.25, -0.2) is 0 Å². The van der Waals surface area contributed by atoms with Crippen molar-refractivity contribution in [2.45, 2.75) is 18.3 Å². The highest BCUT2D eigenvalue weighted by Gasteiger charge is 2.22. The lowest BCUT2D eigenvalue weighted by atomic mass is 10.1. The van der Waals surface area contributed by atoms with Crippen molar-refractivity contribution in [3.05, 3.63) is 24.2 Å². The second-order valence-electron chi connectivity index (χ2n) is 3.00. The Morgan fingerprint density at radius 3 is 2.24 bits per heavy atom. The van der Waals surface area contributed by atoms with E-state index in [0.717, 1.165) is 0 Å². The van der Waals surface area contributed by atoms with E-state index in [0.29, 0.717) is 12.0 Å². The van der Waals surface area contributed by atoms with E-state index >= 15 is 0 Å². The lowest BCUT2D eigenvalue weighted by Gasteiger charge is -2.16. The minimum Gasteiger partial charge on any atom is -0.462 e. The smallest absolute Gasteiger partial charge is 0.185 e. The molecule has 0 aromatic carbocycles. The summed E-state index contributed by atoms with van der Waals surface area (Å²) in [6.07, 6.45) is -2.50.